The molecule has 40 heavy (non-hydrogen) atoms. The molecule has 0 rings (SSSR count). The number of nitrogens with zero attached hydrogens (tertiary/aromatic N) is 2. The van der Waals surface area contributed by atoms with Crippen LogP contribution in [0.3, 0.4) is 0 Å². The number of carbonyl (C=O) groups is 5. The van der Waals surface area contributed by atoms with Gasteiger partial charge in [-0.05, 0) is 51.5 Å². The van der Waals surface area contributed by atoms with E-state index in [9.17, 15) is 29.1 Å². The van der Waals surface area contributed by atoms with Crippen LogP contribution in [0.15, 0.2) is 9.98 Å². The van der Waals surface area contributed by atoms with E-state index in [-0.39, 0.29) is 50.7 Å². The molecule has 4 unspecified atom stereocenters. The lowest BCUT2D eigenvalue weighted by molar-refractivity contribution is -0.147. The van der Waals surface area contributed by atoms with Crippen LogP contribution in [0.25, 0.3) is 0 Å². The van der Waals surface area contributed by atoms with Crippen molar-refractivity contribution in [1.29, 1.82) is 0 Å². The van der Waals surface area contributed by atoms with Crippen LogP contribution in [-0.4, -0.2) is 95.6 Å². The fraction of sp³-hybridized carbons (Fsp3) is 0.682. The van der Waals surface area contributed by atoms with E-state index in [0.717, 1.165) is 0 Å². The highest BCUT2D eigenvalue weighted by Crippen LogP contribution is 2.07. The summed E-state index contributed by atoms with van der Waals surface area (Å²) >= 11 is 0. The second-order valence-electron chi connectivity index (χ2n) is 8.91. The molecule has 0 spiro atoms. The standard InChI is InChI=1S/C22H43N11O7/c23-8-2-1-6-13(19(38)33-15(20(39)40)11-16(34)35)32-18(37)14(7-4-10-30-22(27)28)31-17(36)12(24)5-3-9-29-21(25)26/h12-15H,1-11,23-24H2,(H,31,36)(H,32,37)(H,33,38)(H,34,35)(H,39,40)(H4,25,26,29)(H4,27,28,30). The van der Waals surface area contributed by atoms with Gasteiger partial charge in [0.05, 0.1) is 12.5 Å². The maximum atomic E-state index is 13.2. The Kier molecular flexibility index (Phi) is 17.7. The molecule has 0 radical (unpaired) electrons. The summed E-state index contributed by atoms with van der Waals surface area (Å²) in [6.07, 6.45) is 1.08. The number of guanidine groups is 2. The number of amides is 3. The second kappa shape index (κ2) is 19.8. The molecule has 18 nitrogen and oxygen atoms in total. The van der Waals surface area contributed by atoms with Crippen LogP contribution < -0.4 is 50.4 Å². The first kappa shape index (κ1) is 35.8. The van der Waals surface area contributed by atoms with Gasteiger partial charge < -0.3 is 60.6 Å². The van der Waals surface area contributed by atoms with Gasteiger partial charge in [0.25, 0.3) is 0 Å². The van der Waals surface area contributed by atoms with Crippen molar-refractivity contribution < 1.29 is 34.2 Å². The Labute approximate surface area is 231 Å². The molecule has 3 amide bonds. The largest absolute Gasteiger partial charge is 0.481 e. The highest BCUT2D eigenvalue weighted by Gasteiger charge is 2.30. The van der Waals surface area contributed by atoms with Crippen LogP contribution in [0, 0.1) is 0 Å². The van der Waals surface area contributed by atoms with E-state index in [1.165, 1.54) is 0 Å². The average molecular weight is 574 g/mol. The Hall–Kier alpha value is -4.19. The molecule has 0 aromatic rings. The topological polar surface area (TPSA) is 343 Å². The average Bonchev–Trinajstić information content (AvgIpc) is 2.86. The number of rotatable bonds is 21. The molecule has 0 heterocycles. The molecule has 228 valence electrons. The van der Waals surface area contributed by atoms with E-state index in [1.54, 1.807) is 0 Å². The van der Waals surface area contributed by atoms with Gasteiger partial charge in [-0.3, -0.25) is 29.2 Å². The number of nitrogens with two attached hydrogens (primary N) is 6. The first-order valence-electron chi connectivity index (χ1n) is 12.7. The van der Waals surface area contributed by atoms with Gasteiger partial charge in [0.1, 0.15) is 18.1 Å². The molecule has 17 N–H and O–H groups in total. The van der Waals surface area contributed by atoms with Gasteiger partial charge in [0, 0.05) is 13.1 Å². The van der Waals surface area contributed by atoms with Gasteiger partial charge >= 0.3 is 11.9 Å². The van der Waals surface area contributed by atoms with Gasteiger partial charge in [0.2, 0.25) is 17.7 Å². The molecule has 0 aromatic heterocycles. The Bertz CT molecular complexity index is 906. The summed E-state index contributed by atoms with van der Waals surface area (Å²) < 4.78 is 0. The third-order valence-corrected chi connectivity index (χ3v) is 5.46. The van der Waals surface area contributed by atoms with Crippen LogP contribution in [0.2, 0.25) is 0 Å². The Morgan fingerprint density at radius 2 is 1.10 bits per heavy atom. The summed E-state index contributed by atoms with van der Waals surface area (Å²) in [5.74, 6) is -5.53. The van der Waals surface area contributed by atoms with E-state index < -0.39 is 60.2 Å². The van der Waals surface area contributed by atoms with Crippen LogP contribution >= 0.6 is 0 Å². The SMILES string of the molecule is NCCCCC(NC(=O)C(CCCN=C(N)N)NC(=O)C(N)CCCN=C(N)N)C(=O)NC(CC(=O)O)C(=O)O. The zero-order valence-corrected chi connectivity index (χ0v) is 22.4. The zero-order valence-electron chi connectivity index (χ0n) is 22.4. The van der Waals surface area contributed by atoms with Crippen molar-refractivity contribution >= 4 is 41.6 Å². The molecule has 0 bridgehead atoms. The molecule has 0 aromatic carbocycles. The normalized spacial score (nSPS) is 13.6. The number of carboxylic acid groups (broad SMARTS) is 2. The first-order valence-corrected chi connectivity index (χ1v) is 12.7. The number of hydrogen-bond acceptors (Lipinski definition) is 9. The van der Waals surface area contributed by atoms with Crippen molar-refractivity contribution in [1.82, 2.24) is 16.0 Å². The van der Waals surface area contributed by atoms with Crippen molar-refractivity contribution in [3.8, 4) is 0 Å². The molecule has 0 aliphatic rings. The first-order chi connectivity index (χ1) is 18.8. The number of hydrogen-bond donors (Lipinski definition) is 11. The van der Waals surface area contributed by atoms with Gasteiger partial charge in [-0.15, -0.1) is 0 Å². The molecule has 4 atom stereocenters. The lowest BCUT2D eigenvalue weighted by Gasteiger charge is -2.25. The summed E-state index contributed by atoms with van der Waals surface area (Å²) in [6.45, 7) is 0.719. The molecular weight excluding hydrogens is 530 g/mol. The third kappa shape index (κ3) is 16.6. The number of aliphatic imine (C=N–C) groups is 2. The Morgan fingerprint density at radius 3 is 1.55 bits per heavy atom. The molecule has 0 saturated heterocycles. The number of unbranched alkanes of at least 4 members (excludes halogenated alkanes) is 1. The quantitative estimate of drug-likeness (QED) is 0.0351. The van der Waals surface area contributed by atoms with Crippen molar-refractivity contribution in [2.24, 2.45) is 44.4 Å². The van der Waals surface area contributed by atoms with E-state index in [1.807, 2.05) is 0 Å². The van der Waals surface area contributed by atoms with Gasteiger partial charge in [-0.2, -0.15) is 0 Å². The molecule has 0 fully saturated rings. The van der Waals surface area contributed by atoms with Crippen LogP contribution in [0.5, 0.6) is 0 Å². The number of nitrogens with one attached hydrogen (secondary N) is 3. The minimum atomic E-state index is -1.72. The van der Waals surface area contributed by atoms with E-state index >= 15 is 0 Å². The Balaban J connectivity index is 5.62. The monoisotopic (exact) mass is 573 g/mol. The molecule has 18 heteroatoms. The molecule has 0 saturated carbocycles. The summed E-state index contributed by atoms with van der Waals surface area (Å²) in [4.78, 5) is 68.8. The van der Waals surface area contributed by atoms with Crippen molar-refractivity contribution in [2.45, 2.75) is 75.5 Å². The predicted molar refractivity (Wildman–Crippen MR) is 146 cm³/mol. The summed E-state index contributed by atoms with van der Waals surface area (Å²) in [6, 6.07) is -5.09. The van der Waals surface area contributed by atoms with Gasteiger partial charge in [0.15, 0.2) is 11.9 Å². The second-order valence-corrected chi connectivity index (χ2v) is 8.91. The number of carbonyl (C=O) groups excluding carboxylic acids is 3. The fourth-order valence-corrected chi connectivity index (χ4v) is 3.38. The predicted octanol–water partition coefficient (Wildman–Crippen LogP) is -4.44. The van der Waals surface area contributed by atoms with Crippen molar-refractivity contribution in [3.05, 3.63) is 0 Å². The van der Waals surface area contributed by atoms with Crippen molar-refractivity contribution in [2.75, 3.05) is 19.6 Å². The van der Waals surface area contributed by atoms with E-state index in [0.29, 0.717) is 25.8 Å². The molecular formula is C22H43N11O7. The maximum absolute atomic E-state index is 13.2. The minimum absolute atomic E-state index is 0.0724. The molecule has 0 aliphatic heterocycles. The maximum Gasteiger partial charge on any atom is 0.326 e. The Morgan fingerprint density at radius 1 is 0.650 bits per heavy atom. The molecule has 0 aliphatic carbocycles. The lowest BCUT2D eigenvalue weighted by atomic mass is 10.0. The van der Waals surface area contributed by atoms with Crippen molar-refractivity contribution in [3.63, 3.8) is 0 Å². The highest BCUT2D eigenvalue weighted by atomic mass is 16.4. The highest BCUT2D eigenvalue weighted by molar-refractivity contribution is 5.94. The number of aliphatic carboxylic acids is 2. The minimum Gasteiger partial charge on any atom is -0.481 e. The van der Waals surface area contributed by atoms with E-state index in [2.05, 4.69) is 25.9 Å². The van der Waals surface area contributed by atoms with Gasteiger partial charge in [-0.1, -0.05) is 0 Å². The summed E-state index contributed by atoms with van der Waals surface area (Å²) in [5, 5.41) is 25.4. The zero-order chi connectivity index (χ0) is 30.7. The summed E-state index contributed by atoms with van der Waals surface area (Å²) in [5.41, 5.74) is 32.6. The van der Waals surface area contributed by atoms with E-state index in [4.69, 9.17) is 39.5 Å². The van der Waals surface area contributed by atoms with Gasteiger partial charge in [-0.25, -0.2) is 4.79 Å². The number of carboxylic acids is 2. The summed E-state index contributed by atoms with van der Waals surface area (Å²) in [7, 11) is 0. The smallest absolute Gasteiger partial charge is 0.326 e. The lowest BCUT2D eigenvalue weighted by Crippen LogP contribution is -2.57. The van der Waals surface area contributed by atoms with Crippen LogP contribution in [-0.2, 0) is 24.0 Å². The van der Waals surface area contributed by atoms with Crippen LogP contribution in [0.1, 0.15) is 51.4 Å². The third-order valence-electron chi connectivity index (χ3n) is 5.46. The van der Waals surface area contributed by atoms with Crippen LogP contribution in [0.4, 0.5) is 0 Å². The fourth-order valence-electron chi connectivity index (χ4n) is 3.38.